The van der Waals surface area contributed by atoms with Crippen LogP contribution in [0.4, 0.5) is 14.5 Å². The highest BCUT2D eigenvalue weighted by atomic mass is 35.5. The fraction of sp³-hybridized carbons (Fsp3) is 0.227. The van der Waals surface area contributed by atoms with E-state index in [1.807, 2.05) is 6.07 Å². The van der Waals surface area contributed by atoms with Crippen molar-refractivity contribution in [3.8, 4) is 17.6 Å². The van der Waals surface area contributed by atoms with Crippen LogP contribution in [0.25, 0.3) is 5.69 Å². The normalized spacial score (nSPS) is 18.3. The summed E-state index contributed by atoms with van der Waals surface area (Å²) in [4.78, 5) is 15.0. The monoisotopic (exact) mass is 487 g/mol. The zero-order valence-corrected chi connectivity index (χ0v) is 18.7. The Morgan fingerprint density at radius 1 is 1.30 bits per heavy atom. The van der Waals surface area contributed by atoms with Gasteiger partial charge in [-0.2, -0.15) is 5.26 Å². The number of aromatic nitrogens is 2. The zero-order chi connectivity index (χ0) is 23.6. The van der Waals surface area contributed by atoms with Crippen LogP contribution < -0.4 is 11.0 Å². The Balaban J connectivity index is 1.53. The van der Waals surface area contributed by atoms with Crippen molar-refractivity contribution < 1.29 is 13.9 Å². The molecule has 2 unspecified atom stereocenters. The molecule has 3 heterocycles. The maximum Gasteiger partial charge on any atom is 0.336 e. The molecule has 1 saturated heterocycles. The maximum atomic E-state index is 14.1. The molecule has 2 aliphatic rings. The van der Waals surface area contributed by atoms with Crippen LogP contribution in [0.3, 0.4) is 0 Å². The number of nitrogens with one attached hydrogen (secondary N) is 1. The van der Waals surface area contributed by atoms with E-state index in [1.165, 1.54) is 16.7 Å². The van der Waals surface area contributed by atoms with Gasteiger partial charge in [-0.1, -0.05) is 17.7 Å². The maximum absolute atomic E-state index is 14.1. The predicted octanol–water partition coefficient (Wildman–Crippen LogP) is 4.15. The van der Waals surface area contributed by atoms with E-state index in [1.54, 1.807) is 17.9 Å². The first-order valence-corrected chi connectivity index (χ1v) is 10.8. The Morgan fingerprint density at radius 2 is 2.00 bits per heavy atom. The van der Waals surface area contributed by atoms with Crippen LogP contribution in [0.1, 0.15) is 35.3 Å². The van der Waals surface area contributed by atoms with Gasteiger partial charge in [0.15, 0.2) is 5.11 Å². The summed E-state index contributed by atoms with van der Waals surface area (Å²) in [6, 6.07) is 7.81. The van der Waals surface area contributed by atoms with Gasteiger partial charge in [-0.25, -0.2) is 18.1 Å². The minimum absolute atomic E-state index is 0.0925. The van der Waals surface area contributed by atoms with E-state index in [0.717, 1.165) is 16.7 Å². The predicted molar refractivity (Wildman–Crippen MR) is 122 cm³/mol. The number of para-hydroxylation sites is 1. The van der Waals surface area contributed by atoms with E-state index in [2.05, 4.69) is 5.32 Å². The Hall–Kier alpha value is -3.42. The topological polar surface area (TPSA) is 86.2 Å². The smallest absolute Gasteiger partial charge is 0.336 e. The van der Waals surface area contributed by atoms with Crippen LogP contribution in [-0.2, 0) is 0 Å². The van der Waals surface area contributed by atoms with Crippen LogP contribution in [-0.4, -0.2) is 30.8 Å². The second-order valence-corrected chi connectivity index (χ2v) is 8.73. The van der Waals surface area contributed by atoms with Crippen LogP contribution in [0.2, 0.25) is 5.02 Å². The Labute approximate surface area is 197 Å². The van der Waals surface area contributed by atoms with Crippen molar-refractivity contribution in [1.29, 1.82) is 5.26 Å². The second-order valence-electron chi connectivity index (χ2n) is 7.96. The number of imidazole rings is 1. The third-order valence-corrected chi connectivity index (χ3v) is 7.06. The van der Waals surface area contributed by atoms with Crippen LogP contribution in [0.15, 0.2) is 35.1 Å². The van der Waals surface area contributed by atoms with Crippen molar-refractivity contribution >= 4 is 34.6 Å². The van der Waals surface area contributed by atoms with E-state index in [-0.39, 0.29) is 33.3 Å². The van der Waals surface area contributed by atoms with Gasteiger partial charge in [0.1, 0.15) is 29.1 Å². The summed E-state index contributed by atoms with van der Waals surface area (Å²) in [7, 11) is 0. The molecular weight excluding hydrogens is 472 g/mol. The molecule has 1 fully saturated rings. The first-order valence-electron chi connectivity index (χ1n) is 10.0. The lowest BCUT2D eigenvalue weighted by atomic mass is 10.1. The lowest BCUT2D eigenvalue weighted by molar-refractivity contribution is 0.341. The molecule has 168 valence electrons. The van der Waals surface area contributed by atoms with Crippen molar-refractivity contribution in [3.05, 3.63) is 74.3 Å². The summed E-state index contributed by atoms with van der Waals surface area (Å²) in [6.45, 7) is 2.01. The summed E-state index contributed by atoms with van der Waals surface area (Å²) < 4.78 is 30.8. The van der Waals surface area contributed by atoms with E-state index >= 15 is 0 Å². The molecule has 2 aromatic carbocycles. The first kappa shape index (κ1) is 21.4. The van der Waals surface area contributed by atoms with E-state index in [9.17, 15) is 23.9 Å². The Kier molecular flexibility index (Phi) is 4.92. The minimum Gasteiger partial charge on any atom is -0.493 e. The van der Waals surface area contributed by atoms with E-state index < -0.39 is 23.4 Å². The number of halogens is 3. The van der Waals surface area contributed by atoms with Crippen molar-refractivity contribution in [2.45, 2.75) is 25.4 Å². The molecule has 0 radical (unpaired) electrons. The van der Waals surface area contributed by atoms with Crippen molar-refractivity contribution in [3.63, 3.8) is 0 Å². The summed E-state index contributed by atoms with van der Waals surface area (Å²) in [5.41, 5.74) is 0.691. The highest BCUT2D eigenvalue weighted by Crippen LogP contribution is 2.49. The van der Waals surface area contributed by atoms with E-state index in [4.69, 9.17) is 23.8 Å². The van der Waals surface area contributed by atoms with Gasteiger partial charge < -0.3 is 15.3 Å². The van der Waals surface area contributed by atoms with Crippen LogP contribution in [0.5, 0.6) is 5.88 Å². The van der Waals surface area contributed by atoms with Crippen LogP contribution >= 0.6 is 23.8 Å². The summed E-state index contributed by atoms with van der Waals surface area (Å²) in [5, 5.41) is 23.1. The summed E-state index contributed by atoms with van der Waals surface area (Å²) >= 11 is 11.7. The first-order chi connectivity index (χ1) is 15.7. The average Bonchev–Trinajstić information content (AvgIpc) is 3.45. The second kappa shape index (κ2) is 7.57. The third kappa shape index (κ3) is 3.03. The number of hydrogen-bond acceptors (Lipinski definition) is 4. The SMILES string of the molecule is Cc1c(-n2c(O)c3n(c2=O)C2CC3N(C(=S)Nc3c(F)cccc3F)C2)ccc(C#N)c1Cl. The Morgan fingerprint density at radius 3 is 2.67 bits per heavy atom. The largest absolute Gasteiger partial charge is 0.493 e. The van der Waals surface area contributed by atoms with Gasteiger partial charge in [0.25, 0.3) is 0 Å². The fourth-order valence-electron chi connectivity index (χ4n) is 4.69. The molecule has 33 heavy (non-hydrogen) atoms. The highest BCUT2D eigenvalue weighted by Gasteiger charge is 2.48. The van der Waals surface area contributed by atoms with Gasteiger partial charge in [0.2, 0.25) is 5.88 Å². The average molecular weight is 488 g/mol. The molecule has 2 aliphatic heterocycles. The van der Waals surface area contributed by atoms with Gasteiger partial charge in [0, 0.05) is 6.54 Å². The minimum atomic E-state index is -0.777. The quantitative estimate of drug-likeness (QED) is 0.528. The fourth-order valence-corrected chi connectivity index (χ4v) is 5.19. The van der Waals surface area contributed by atoms with Gasteiger partial charge in [-0.15, -0.1) is 0 Å². The molecule has 3 aromatic rings. The standard InChI is InChI=1S/C22H16ClF2N5O2S/c1-10-15(6-5-11(8-26)17(10)23)30-20(31)19-16-7-12(29(19)22(30)32)9-28(16)21(33)27-18-13(24)3-2-4-14(18)25/h2-6,12,16,31H,7,9H2,1H3,(H,27,33). The van der Waals surface area contributed by atoms with Crippen molar-refractivity contribution in [2.75, 3.05) is 11.9 Å². The number of anilines is 1. The molecule has 0 spiro atoms. The van der Waals surface area contributed by atoms with Crippen molar-refractivity contribution in [2.24, 2.45) is 0 Å². The number of hydrogen-bond donors (Lipinski definition) is 2. The third-order valence-electron chi connectivity index (χ3n) is 6.23. The van der Waals surface area contributed by atoms with Gasteiger partial charge in [-0.05, 0) is 55.4 Å². The van der Waals surface area contributed by atoms with Gasteiger partial charge in [0.05, 0.1) is 28.4 Å². The lowest BCUT2D eigenvalue weighted by Crippen LogP contribution is -2.40. The molecule has 0 aliphatic carbocycles. The molecule has 5 rings (SSSR count). The number of likely N-dealkylation sites (tertiary alicyclic amines) is 1. The molecule has 7 nitrogen and oxygen atoms in total. The number of benzene rings is 2. The number of aromatic hydroxyl groups is 1. The molecule has 11 heteroatoms. The summed E-state index contributed by atoms with van der Waals surface area (Å²) in [5.74, 6) is -1.82. The van der Waals surface area contributed by atoms with Gasteiger partial charge >= 0.3 is 5.69 Å². The number of rotatable bonds is 2. The van der Waals surface area contributed by atoms with Crippen molar-refractivity contribution in [1.82, 2.24) is 14.0 Å². The number of fused-ring (bicyclic) bond motifs is 5. The summed E-state index contributed by atoms with van der Waals surface area (Å²) in [6.07, 6.45) is 0.521. The molecule has 2 atom stereocenters. The molecule has 0 amide bonds. The molecule has 2 bridgehead atoms. The number of nitrogens with zero attached hydrogens (tertiary/aromatic N) is 4. The zero-order valence-electron chi connectivity index (χ0n) is 17.1. The molecular formula is C22H16ClF2N5O2S. The van der Waals surface area contributed by atoms with Crippen LogP contribution in [0, 0.1) is 29.9 Å². The number of thiocarbonyl (C=S) groups is 1. The molecule has 0 saturated carbocycles. The molecule has 1 aromatic heterocycles. The Bertz CT molecular complexity index is 1420. The highest BCUT2D eigenvalue weighted by molar-refractivity contribution is 7.80. The molecule has 2 N–H and O–H groups in total. The lowest BCUT2D eigenvalue weighted by Gasteiger charge is -2.30. The van der Waals surface area contributed by atoms with Gasteiger partial charge in [-0.3, -0.25) is 4.57 Å². The van der Waals surface area contributed by atoms with E-state index in [0.29, 0.717) is 29.9 Å². The number of nitriles is 1.